The predicted molar refractivity (Wildman–Crippen MR) is 122 cm³/mol. The SMILES string of the molecule is O=C(N[C@@H](c1ccccc1)c1ccc(C2CC2)c(F)n1)[C@@H]1CCCN1C(=O)Cc1n[nH]nc1C(F)F. The van der Waals surface area contributed by atoms with Crippen molar-refractivity contribution in [1.82, 2.24) is 30.6 Å². The summed E-state index contributed by atoms with van der Waals surface area (Å²) in [6.45, 7) is 0.317. The summed E-state index contributed by atoms with van der Waals surface area (Å²) in [7, 11) is 0. The average Bonchev–Trinajstić information content (AvgIpc) is 3.38. The van der Waals surface area contributed by atoms with Crippen molar-refractivity contribution in [3.05, 3.63) is 76.6 Å². The fourth-order valence-electron chi connectivity index (χ4n) is 4.68. The van der Waals surface area contributed by atoms with Gasteiger partial charge in [0.05, 0.1) is 18.2 Å². The van der Waals surface area contributed by atoms with Crippen LogP contribution in [-0.2, 0) is 16.0 Å². The zero-order valence-corrected chi connectivity index (χ0v) is 19.3. The number of carbonyl (C=O) groups excluding carboxylic acids is 2. The largest absolute Gasteiger partial charge is 0.342 e. The van der Waals surface area contributed by atoms with Crippen LogP contribution in [0.3, 0.4) is 0 Å². The Morgan fingerprint density at radius 2 is 1.86 bits per heavy atom. The van der Waals surface area contributed by atoms with E-state index in [0.29, 0.717) is 30.6 Å². The number of nitrogens with zero attached hydrogens (tertiary/aromatic N) is 4. The molecule has 1 saturated heterocycles. The number of hydrogen-bond acceptors (Lipinski definition) is 5. The summed E-state index contributed by atoms with van der Waals surface area (Å²) in [4.78, 5) is 31.9. The minimum atomic E-state index is -2.87. The van der Waals surface area contributed by atoms with Gasteiger partial charge in [-0.2, -0.15) is 19.8 Å². The first-order valence-corrected chi connectivity index (χ1v) is 11.9. The maximum absolute atomic E-state index is 14.7. The number of carbonyl (C=O) groups is 2. The highest BCUT2D eigenvalue weighted by molar-refractivity contribution is 5.89. The number of amides is 2. The first kappa shape index (κ1) is 24.0. The maximum atomic E-state index is 14.7. The van der Waals surface area contributed by atoms with Crippen LogP contribution in [0.2, 0.25) is 0 Å². The van der Waals surface area contributed by atoms with Crippen LogP contribution in [0.25, 0.3) is 0 Å². The van der Waals surface area contributed by atoms with Crippen LogP contribution in [0.5, 0.6) is 0 Å². The van der Waals surface area contributed by atoms with Crippen LogP contribution in [-0.4, -0.2) is 49.7 Å². The molecule has 1 aliphatic heterocycles. The summed E-state index contributed by atoms with van der Waals surface area (Å²) in [5.74, 6) is -1.25. The maximum Gasteiger partial charge on any atom is 0.284 e. The highest BCUT2D eigenvalue weighted by Crippen LogP contribution is 2.41. The standard InChI is InChI=1S/C25H25F3N6O2/c26-23(27)22-18(31-33-32-22)13-20(35)34-12-4-7-19(34)25(36)30-21(15-5-2-1-3-6-15)17-11-10-16(14-8-9-14)24(28)29-17/h1-3,5-6,10-11,14,19,21,23H,4,7-9,12-13H2,(H,30,36)(H,31,32,33)/t19-,21-/m0/s1. The molecule has 1 aliphatic carbocycles. The Balaban J connectivity index is 1.35. The quantitative estimate of drug-likeness (QED) is 0.462. The van der Waals surface area contributed by atoms with Gasteiger partial charge in [0.2, 0.25) is 17.8 Å². The Morgan fingerprint density at radius 1 is 1.08 bits per heavy atom. The summed E-state index contributed by atoms with van der Waals surface area (Å²) in [5.41, 5.74) is 0.947. The average molecular weight is 499 g/mol. The van der Waals surface area contributed by atoms with Gasteiger partial charge in [-0.1, -0.05) is 36.4 Å². The van der Waals surface area contributed by atoms with Gasteiger partial charge in [-0.3, -0.25) is 9.59 Å². The van der Waals surface area contributed by atoms with Crippen molar-refractivity contribution in [2.45, 2.75) is 56.5 Å². The van der Waals surface area contributed by atoms with Crippen molar-refractivity contribution in [3.8, 4) is 0 Å². The predicted octanol–water partition coefficient (Wildman–Crippen LogP) is 3.59. The summed E-state index contributed by atoms with van der Waals surface area (Å²) in [6.07, 6.45) is -0.372. The van der Waals surface area contributed by atoms with Gasteiger partial charge in [-0.25, -0.2) is 13.8 Å². The molecule has 2 N–H and O–H groups in total. The van der Waals surface area contributed by atoms with Crippen LogP contribution in [0, 0.1) is 5.95 Å². The van der Waals surface area contributed by atoms with Gasteiger partial charge in [-0.05, 0) is 43.2 Å². The molecule has 1 aromatic carbocycles. The second kappa shape index (κ2) is 10.1. The van der Waals surface area contributed by atoms with E-state index < -0.39 is 48.4 Å². The number of aromatic nitrogens is 4. The van der Waals surface area contributed by atoms with E-state index in [4.69, 9.17) is 0 Å². The topological polar surface area (TPSA) is 104 Å². The normalized spacial score (nSPS) is 18.4. The lowest BCUT2D eigenvalue weighted by molar-refractivity contribution is -0.138. The van der Waals surface area contributed by atoms with E-state index in [9.17, 15) is 22.8 Å². The lowest BCUT2D eigenvalue weighted by atomic mass is 10.0. The van der Waals surface area contributed by atoms with Gasteiger partial charge < -0.3 is 10.2 Å². The van der Waals surface area contributed by atoms with E-state index in [0.717, 1.165) is 18.4 Å². The van der Waals surface area contributed by atoms with Crippen molar-refractivity contribution in [1.29, 1.82) is 0 Å². The number of pyridine rings is 1. The molecule has 2 aromatic heterocycles. The van der Waals surface area contributed by atoms with Gasteiger partial charge in [0.1, 0.15) is 11.7 Å². The third kappa shape index (κ3) is 4.95. The number of hydrogen-bond donors (Lipinski definition) is 2. The molecule has 3 heterocycles. The van der Waals surface area contributed by atoms with Gasteiger partial charge >= 0.3 is 0 Å². The number of rotatable bonds is 8. The van der Waals surface area contributed by atoms with Crippen molar-refractivity contribution < 1.29 is 22.8 Å². The third-order valence-electron chi connectivity index (χ3n) is 6.68. The minimum absolute atomic E-state index is 0.140. The Bertz CT molecular complexity index is 1250. The number of benzene rings is 1. The molecule has 0 unspecified atom stereocenters. The number of aromatic amines is 1. The molecule has 36 heavy (non-hydrogen) atoms. The van der Waals surface area contributed by atoms with Crippen LogP contribution in [0.15, 0.2) is 42.5 Å². The second-order valence-electron chi connectivity index (χ2n) is 9.12. The Hall–Kier alpha value is -3.76. The van der Waals surface area contributed by atoms with Gasteiger partial charge in [-0.15, -0.1) is 0 Å². The molecule has 2 aliphatic rings. The number of alkyl halides is 2. The number of halogens is 3. The van der Waals surface area contributed by atoms with Gasteiger partial charge in [0, 0.05) is 12.1 Å². The number of likely N-dealkylation sites (tertiary alicyclic amines) is 1. The van der Waals surface area contributed by atoms with Gasteiger partial charge in [0.15, 0.2) is 5.69 Å². The monoisotopic (exact) mass is 498 g/mol. The smallest absolute Gasteiger partial charge is 0.284 e. The fraction of sp³-hybridized carbons (Fsp3) is 0.400. The van der Waals surface area contributed by atoms with Gasteiger partial charge in [0.25, 0.3) is 6.43 Å². The van der Waals surface area contributed by atoms with Crippen LogP contribution in [0.1, 0.15) is 72.3 Å². The first-order chi connectivity index (χ1) is 17.4. The molecule has 2 amide bonds. The van der Waals surface area contributed by atoms with Crippen molar-refractivity contribution >= 4 is 11.8 Å². The molecule has 11 heteroatoms. The molecule has 1 saturated carbocycles. The molecule has 0 spiro atoms. The zero-order chi connectivity index (χ0) is 25.2. The molecule has 0 bridgehead atoms. The molecular formula is C25H25F3N6O2. The molecule has 188 valence electrons. The number of nitrogens with one attached hydrogen (secondary N) is 2. The van der Waals surface area contributed by atoms with Crippen LogP contribution < -0.4 is 5.32 Å². The zero-order valence-electron chi connectivity index (χ0n) is 19.3. The summed E-state index contributed by atoms with van der Waals surface area (Å²) in [6, 6.07) is 11.0. The van der Waals surface area contributed by atoms with E-state index in [-0.39, 0.29) is 11.6 Å². The summed E-state index contributed by atoms with van der Waals surface area (Å²) >= 11 is 0. The van der Waals surface area contributed by atoms with E-state index in [1.807, 2.05) is 30.3 Å². The van der Waals surface area contributed by atoms with Crippen molar-refractivity contribution in [2.24, 2.45) is 0 Å². The molecule has 2 atom stereocenters. The molecule has 8 nitrogen and oxygen atoms in total. The lowest BCUT2D eigenvalue weighted by Gasteiger charge is -2.27. The second-order valence-corrected chi connectivity index (χ2v) is 9.12. The van der Waals surface area contributed by atoms with E-state index in [2.05, 4.69) is 25.7 Å². The highest BCUT2D eigenvalue weighted by atomic mass is 19.3. The van der Waals surface area contributed by atoms with Crippen LogP contribution >= 0.6 is 0 Å². The summed E-state index contributed by atoms with van der Waals surface area (Å²) < 4.78 is 41.0. The molecule has 5 rings (SSSR count). The molecular weight excluding hydrogens is 473 g/mol. The minimum Gasteiger partial charge on any atom is -0.342 e. The fourth-order valence-corrected chi connectivity index (χ4v) is 4.68. The first-order valence-electron chi connectivity index (χ1n) is 11.9. The van der Waals surface area contributed by atoms with Crippen LogP contribution in [0.4, 0.5) is 13.2 Å². The lowest BCUT2D eigenvalue weighted by Crippen LogP contribution is -2.47. The highest BCUT2D eigenvalue weighted by Gasteiger charge is 2.36. The molecule has 0 radical (unpaired) electrons. The third-order valence-corrected chi connectivity index (χ3v) is 6.68. The van der Waals surface area contributed by atoms with Crippen molar-refractivity contribution in [2.75, 3.05) is 6.54 Å². The summed E-state index contributed by atoms with van der Waals surface area (Å²) in [5, 5.41) is 12.1. The van der Waals surface area contributed by atoms with Crippen molar-refractivity contribution in [3.63, 3.8) is 0 Å². The molecule has 2 fully saturated rings. The Kier molecular flexibility index (Phi) is 6.71. The molecule has 3 aromatic rings. The van der Waals surface area contributed by atoms with E-state index >= 15 is 0 Å². The van der Waals surface area contributed by atoms with E-state index in [1.54, 1.807) is 12.1 Å². The van der Waals surface area contributed by atoms with E-state index in [1.165, 1.54) is 4.90 Å². The Labute approximate surface area is 205 Å². The number of H-pyrrole nitrogens is 1. The Morgan fingerprint density at radius 3 is 2.56 bits per heavy atom.